The summed E-state index contributed by atoms with van der Waals surface area (Å²) in [7, 11) is 0. The van der Waals surface area contributed by atoms with Gasteiger partial charge in [0.2, 0.25) is 0 Å². The molecule has 1 rings (SSSR count). The minimum Gasteiger partial charge on any atom is -0.462 e. The minimum atomic E-state index is -0.443. The molecule has 1 aromatic rings. The fourth-order valence-electron chi connectivity index (χ4n) is 2.55. The zero-order valence-corrected chi connectivity index (χ0v) is 18.6. The van der Waals surface area contributed by atoms with Gasteiger partial charge in [-0.1, -0.05) is 37.3 Å². The summed E-state index contributed by atoms with van der Waals surface area (Å²) in [6, 6.07) is 10.6. The Labute approximate surface area is 164 Å². The highest BCUT2D eigenvalue weighted by molar-refractivity contribution is 7.99. The Balaban J connectivity index is 2.58. The number of nitrogens with one attached hydrogen (secondary N) is 1. The van der Waals surface area contributed by atoms with Gasteiger partial charge in [0, 0.05) is 5.54 Å². The molecule has 148 valence electrons. The van der Waals surface area contributed by atoms with Gasteiger partial charge in [-0.3, -0.25) is 10.1 Å². The van der Waals surface area contributed by atoms with E-state index in [0.29, 0.717) is 5.92 Å². The number of esters is 1. The van der Waals surface area contributed by atoms with Crippen LogP contribution in [0.25, 0.3) is 0 Å². The van der Waals surface area contributed by atoms with E-state index in [9.17, 15) is 4.79 Å². The number of thioether (sulfide) groups is 1. The van der Waals surface area contributed by atoms with E-state index in [1.54, 1.807) is 0 Å². The number of benzene rings is 1. The van der Waals surface area contributed by atoms with Crippen molar-refractivity contribution < 1.29 is 9.53 Å². The molecule has 4 heteroatoms. The van der Waals surface area contributed by atoms with E-state index < -0.39 is 5.41 Å². The first-order valence-corrected chi connectivity index (χ1v) is 10.6. The van der Waals surface area contributed by atoms with Crippen LogP contribution in [0, 0.1) is 11.3 Å². The molecule has 0 aliphatic carbocycles. The molecule has 0 aliphatic heterocycles. The SMILES string of the molecule is CC(CSC(NC(C)(C)C)c1ccccc1)CC(C)OC(=O)C(C)(C)C. The van der Waals surface area contributed by atoms with Gasteiger partial charge in [0.1, 0.15) is 0 Å². The Morgan fingerprint density at radius 2 is 1.65 bits per heavy atom. The van der Waals surface area contributed by atoms with Crippen LogP contribution in [0.3, 0.4) is 0 Å². The number of ether oxygens (including phenoxy) is 1. The molecule has 0 radical (unpaired) electrons. The van der Waals surface area contributed by atoms with Crippen LogP contribution in [0.15, 0.2) is 30.3 Å². The Hall–Kier alpha value is -1.00. The zero-order valence-electron chi connectivity index (χ0n) is 17.8. The molecule has 3 atom stereocenters. The van der Waals surface area contributed by atoms with Crippen LogP contribution in [0.4, 0.5) is 0 Å². The Morgan fingerprint density at radius 1 is 1.08 bits per heavy atom. The Bertz CT molecular complexity index is 546. The van der Waals surface area contributed by atoms with Gasteiger partial charge in [-0.2, -0.15) is 0 Å². The van der Waals surface area contributed by atoms with Gasteiger partial charge in [-0.25, -0.2) is 0 Å². The van der Waals surface area contributed by atoms with Gasteiger partial charge in [-0.05, 0) is 72.1 Å². The monoisotopic (exact) mass is 379 g/mol. The van der Waals surface area contributed by atoms with Gasteiger partial charge in [0.25, 0.3) is 0 Å². The third-order valence-corrected chi connectivity index (χ3v) is 5.35. The number of carbonyl (C=O) groups is 1. The molecule has 26 heavy (non-hydrogen) atoms. The average molecular weight is 380 g/mol. The quantitative estimate of drug-likeness (QED) is 0.457. The number of hydrogen-bond donors (Lipinski definition) is 1. The maximum absolute atomic E-state index is 12.0. The first-order valence-electron chi connectivity index (χ1n) is 9.54. The summed E-state index contributed by atoms with van der Waals surface area (Å²) < 4.78 is 5.59. The number of hydrogen-bond acceptors (Lipinski definition) is 4. The lowest BCUT2D eigenvalue weighted by atomic mass is 9.97. The summed E-state index contributed by atoms with van der Waals surface area (Å²) in [6.45, 7) is 16.5. The molecule has 0 aromatic heterocycles. The van der Waals surface area contributed by atoms with Crippen molar-refractivity contribution in [1.29, 1.82) is 0 Å². The molecule has 0 spiro atoms. The van der Waals surface area contributed by atoms with E-state index in [1.165, 1.54) is 5.56 Å². The van der Waals surface area contributed by atoms with Gasteiger partial charge in [0.15, 0.2) is 0 Å². The predicted molar refractivity (Wildman–Crippen MR) is 113 cm³/mol. The van der Waals surface area contributed by atoms with Crippen LogP contribution in [0.5, 0.6) is 0 Å². The van der Waals surface area contributed by atoms with Gasteiger partial charge in [-0.15, -0.1) is 11.8 Å². The van der Waals surface area contributed by atoms with Crippen molar-refractivity contribution in [3.8, 4) is 0 Å². The second-order valence-corrected chi connectivity index (χ2v) is 10.5. The van der Waals surface area contributed by atoms with E-state index in [2.05, 4.69) is 63.3 Å². The lowest BCUT2D eigenvalue weighted by Gasteiger charge is -2.30. The van der Waals surface area contributed by atoms with Crippen LogP contribution in [0.1, 0.15) is 72.7 Å². The molecule has 0 saturated heterocycles. The van der Waals surface area contributed by atoms with E-state index in [4.69, 9.17) is 4.74 Å². The van der Waals surface area contributed by atoms with Crippen LogP contribution in [-0.4, -0.2) is 23.4 Å². The summed E-state index contributed by atoms with van der Waals surface area (Å²) in [4.78, 5) is 12.0. The Morgan fingerprint density at radius 3 is 2.15 bits per heavy atom. The fraction of sp³-hybridized carbons (Fsp3) is 0.682. The van der Waals surface area contributed by atoms with Crippen LogP contribution in [-0.2, 0) is 9.53 Å². The summed E-state index contributed by atoms with van der Waals surface area (Å²) in [5.74, 6) is 1.36. The van der Waals surface area contributed by atoms with Crippen molar-refractivity contribution in [1.82, 2.24) is 5.32 Å². The maximum atomic E-state index is 12.0. The molecule has 0 heterocycles. The van der Waals surface area contributed by atoms with Gasteiger partial charge >= 0.3 is 5.97 Å². The highest BCUT2D eigenvalue weighted by Gasteiger charge is 2.26. The van der Waals surface area contributed by atoms with E-state index in [1.807, 2.05) is 39.5 Å². The largest absolute Gasteiger partial charge is 0.462 e. The third kappa shape index (κ3) is 9.09. The molecule has 1 aromatic carbocycles. The second kappa shape index (κ2) is 9.80. The predicted octanol–water partition coefficient (Wildman–Crippen LogP) is 5.81. The molecule has 0 aliphatic rings. The third-order valence-electron chi connectivity index (χ3n) is 3.87. The lowest BCUT2D eigenvalue weighted by Crippen LogP contribution is -2.38. The summed E-state index contributed by atoms with van der Waals surface area (Å²) in [6.07, 6.45) is 0.828. The van der Waals surface area contributed by atoms with Crippen molar-refractivity contribution in [2.75, 3.05) is 5.75 Å². The molecule has 3 nitrogen and oxygen atoms in total. The normalized spacial score (nSPS) is 16.0. The summed E-state index contributed by atoms with van der Waals surface area (Å²) in [5, 5.41) is 3.97. The van der Waals surface area contributed by atoms with Crippen molar-refractivity contribution >= 4 is 17.7 Å². The molecule has 0 amide bonds. The van der Waals surface area contributed by atoms with Crippen LogP contribution >= 0.6 is 11.8 Å². The second-order valence-electron chi connectivity index (χ2n) is 9.33. The Kier molecular flexibility index (Phi) is 8.68. The van der Waals surface area contributed by atoms with E-state index >= 15 is 0 Å². The highest BCUT2D eigenvalue weighted by Crippen LogP contribution is 2.31. The summed E-state index contributed by atoms with van der Waals surface area (Å²) in [5.41, 5.74) is 0.903. The molecule has 1 N–H and O–H groups in total. The summed E-state index contributed by atoms with van der Waals surface area (Å²) >= 11 is 1.92. The van der Waals surface area contributed by atoms with Crippen LogP contribution < -0.4 is 5.32 Å². The van der Waals surface area contributed by atoms with Crippen LogP contribution in [0.2, 0.25) is 0 Å². The molecule has 0 saturated carbocycles. The molecule has 0 bridgehead atoms. The molecule has 3 unspecified atom stereocenters. The van der Waals surface area contributed by atoms with Gasteiger partial charge in [0.05, 0.1) is 16.9 Å². The maximum Gasteiger partial charge on any atom is 0.311 e. The van der Waals surface area contributed by atoms with Crippen molar-refractivity contribution in [2.24, 2.45) is 11.3 Å². The van der Waals surface area contributed by atoms with E-state index in [-0.39, 0.29) is 23.0 Å². The van der Waals surface area contributed by atoms with Crippen molar-refractivity contribution in [2.45, 2.75) is 78.8 Å². The number of carbonyl (C=O) groups excluding carboxylic acids is 1. The average Bonchev–Trinajstić information content (AvgIpc) is 2.50. The molecular weight excluding hydrogens is 342 g/mol. The lowest BCUT2D eigenvalue weighted by molar-refractivity contribution is -0.158. The fourth-order valence-corrected chi connectivity index (χ4v) is 3.99. The first-order chi connectivity index (χ1) is 11.9. The first kappa shape index (κ1) is 23.0. The van der Waals surface area contributed by atoms with Gasteiger partial charge < -0.3 is 4.74 Å². The smallest absolute Gasteiger partial charge is 0.311 e. The zero-order chi connectivity index (χ0) is 20.0. The standard InChI is InChI=1S/C22H37NO2S/c1-16(14-17(2)25-20(24)21(3,4)5)15-26-19(23-22(6,7)8)18-12-10-9-11-13-18/h9-13,16-17,19,23H,14-15H2,1-8H3. The van der Waals surface area contributed by atoms with Crippen molar-refractivity contribution in [3.63, 3.8) is 0 Å². The molecular formula is C22H37NO2S. The topological polar surface area (TPSA) is 38.3 Å². The molecule has 0 fully saturated rings. The minimum absolute atomic E-state index is 0.0479. The van der Waals surface area contributed by atoms with Crippen molar-refractivity contribution in [3.05, 3.63) is 35.9 Å². The van der Waals surface area contributed by atoms with E-state index in [0.717, 1.165) is 12.2 Å². The highest BCUT2D eigenvalue weighted by atomic mass is 32.2. The number of rotatable bonds is 8.